The third-order valence-electron chi connectivity index (χ3n) is 1.41. The first-order valence-electron chi connectivity index (χ1n) is 3.64. The van der Waals surface area contributed by atoms with E-state index in [1.807, 2.05) is 0 Å². The van der Waals surface area contributed by atoms with Crippen molar-refractivity contribution in [1.82, 2.24) is 0 Å². The maximum absolute atomic E-state index is 9.99. The molecule has 0 aromatic heterocycles. The highest BCUT2D eigenvalue weighted by Crippen LogP contribution is 2.12. The molecule has 0 unspecified atom stereocenters. The molecule has 0 aliphatic heterocycles. The number of hydrogen-bond donors (Lipinski definition) is 0. The van der Waals surface area contributed by atoms with Gasteiger partial charge in [-0.05, 0) is 23.8 Å². The average molecular weight is 173 g/mol. The van der Waals surface area contributed by atoms with E-state index in [4.69, 9.17) is 5.26 Å². The predicted molar refractivity (Wildman–Crippen MR) is 47.8 cm³/mol. The Bertz CT molecular complexity index is 346. The number of nitriles is 1. The van der Waals surface area contributed by atoms with E-state index >= 15 is 0 Å². The monoisotopic (exact) mass is 173 g/mol. The highest BCUT2D eigenvalue weighted by molar-refractivity contribution is 5.73. The summed E-state index contributed by atoms with van der Waals surface area (Å²) in [5.74, 6) is 0.491. The van der Waals surface area contributed by atoms with Gasteiger partial charge in [0.25, 0.3) is 6.26 Å². The summed E-state index contributed by atoms with van der Waals surface area (Å²) in [5, 5.41) is 8.20. The van der Waals surface area contributed by atoms with Crippen molar-refractivity contribution in [1.29, 1.82) is 5.26 Å². The molecule has 0 N–H and O–H groups in total. The molecule has 1 rings (SSSR count). The van der Waals surface area contributed by atoms with Crippen LogP contribution < -0.4 is 4.74 Å². The summed E-state index contributed by atoms with van der Waals surface area (Å²) in [4.78, 5) is 9.99. The van der Waals surface area contributed by atoms with Crippen LogP contribution in [0.1, 0.15) is 5.56 Å². The second kappa shape index (κ2) is 4.73. The molecule has 0 aliphatic carbocycles. The quantitative estimate of drug-likeness (QED) is 0.397. The molecule has 0 atom stereocenters. The molecule has 0 aliphatic rings. The van der Waals surface area contributed by atoms with E-state index in [-0.39, 0.29) is 0 Å². The van der Waals surface area contributed by atoms with Crippen molar-refractivity contribution in [3.05, 3.63) is 35.9 Å². The molecule has 64 valence electrons. The lowest BCUT2D eigenvalue weighted by molar-refractivity contribution is -0.104. The van der Waals surface area contributed by atoms with Gasteiger partial charge in [-0.25, -0.2) is 0 Å². The Balaban J connectivity index is 2.76. The summed E-state index contributed by atoms with van der Waals surface area (Å²) in [6, 6.07) is 6.83. The number of rotatable bonds is 3. The smallest absolute Gasteiger partial charge is 0.292 e. The van der Waals surface area contributed by atoms with Gasteiger partial charge in [-0.1, -0.05) is 18.2 Å². The highest BCUT2D eigenvalue weighted by atomic mass is 16.5. The van der Waals surface area contributed by atoms with Crippen molar-refractivity contribution < 1.29 is 9.53 Å². The summed E-state index contributed by atoms with van der Waals surface area (Å²) in [7, 11) is 0. The lowest BCUT2D eigenvalue weighted by Gasteiger charge is -1.95. The largest absolute Gasteiger partial charge is 0.388 e. The van der Waals surface area contributed by atoms with Crippen LogP contribution >= 0.6 is 0 Å². The Morgan fingerprint density at radius 3 is 2.54 bits per heavy atom. The third-order valence-corrected chi connectivity index (χ3v) is 1.41. The van der Waals surface area contributed by atoms with E-state index in [2.05, 4.69) is 4.74 Å². The van der Waals surface area contributed by atoms with Crippen molar-refractivity contribution in [3.8, 4) is 12.0 Å². The first-order valence-corrected chi connectivity index (χ1v) is 3.64. The van der Waals surface area contributed by atoms with Gasteiger partial charge in [0.1, 0.15) is 12.0 Å². The number of nitrogens with zero attached hydrogens (tertiary/aromatic N) is 1. The van der Waals surface area contributed by atoms with Crippen molar-refractivity contribution in [3.63, 3.8) is 0 Å². The van der Waals surface area contributed by atoms with Gasteiger partial charge >= 0.3 is 0 Å². The topological polar surface area (TPSA) is 50.1 Å². The van der Waals surface area contributed by atoms with Gasteiger partial charge < -0.3 is 4.74 Å². The number of aldehydes is 1. The van der Waals surface area contributed by atoms with Crippen molar-refractivity contribution in [2.45, 2.75) is 0 Å². The average Bonchev–Trinajstić information content (AvgIpc) is 2.17. The maximum Gasteiger partial charge on any atom is 0.292 e. The minimum absolute atomic E-state index is 0.491. The SMILES string of the molecule is N#COc1ccc(C=CC=O)cc1. The van der Waals surface area contributed by atoms with E-state index < -0.39 is 0 Å². The number of hydrogen-bond acceptors (Lipinski definition) is 3. The standard InChI is InChI=1S/C10H7NO2/c11-8-13-10-5-3-9(4-6-10)2-1-7-12/h1-7H. The van der Waals surface area contributed by atoms with E-state index in [1.165, 1.54) is 6.08 Å². The second-order valence-corrected chi connectivity index (χ2v) is 2.26. The summed E-state index contributed by atoms with van der Waals surface area (Å²) >= 11 is 0. The van der Waals surface area contributed by atoms with Crippen LogP contribution in [-0.2, 0) is 4.79 Å². The molecule has 13 heavy (non-hydrogen) atoms. The van der Waals surface area contributed by atoms with Crippen LogP contribution in [0.5, 0.6) is 5.75 Å². The molecule has 0 spiro atoms. The first-order chi connectivity index (χ1) is 6.36. The fourth-order valence-corrected chi connectivity index (χ4v) is 0.850. The molecule has 0 fully saturated rings. The molecule has 1 aromatic carbocycles. The minimum atomic E-state index is 0.491. The van der Waals surface area contributed by atoms with Gasteiger partial charge in [0.05, 0.1) is 0 Å². The Labute approximate surface area is 75.9 Å². The zero-order valence-corrected chi connectivity index (χ0v) is 6.81. The molecule has 3 heteroatoms. The van der Waals surface area contributed by atoms with Crippen LogP contribution in [0.15, 0.2) is 30.3 Å². The molecule has 0 saturated carbocycles. The third kappa shape index (κ3) is 2.80. The fourth-order valence-electron chi connectivity index (χ4n) is 0.850. The van der Waals surface area contributed by atoms with Gasteiger partial charge in [-0.2, -0.15) is 0 Å². The van der Waals surface area contributed by atoms with E-state index in [9.17, 15) is 4.79 Å². The minimum Gasteiger partial charge on any atom is -0.388 e. The lowest BCUT2D eigenvalue weighted by Crippen LogP contribution is -1.80. The summed E-state index contributed by atoms with van der Waals surface area (Å²) < 4.78 is 4.58. The Morgan fingerprint density at radius 1 is 1.31 bits per heavy atom. The van der Waals surface area contributed by atoms with E-state index in [0.717, 1.165) is 5.56 Å². The Hall–Kier alpha value is -2.08. The molecule has 0 radical (unpaired) electrons. The molecular formula is C10H7NO2. The second-order valence-electron chi connectivity index (χ2n) is 2.26. The van der Waals surface area contributed by atoms with Crippen LogP contribution in [0, 0.1) is 11.5 Å². The summed E-state index contributed by atoms with van der Waals surface area (Å²) in [6.45, 7) is 0. The number of allylic oxidation sites excluding steroid dienone is 1. The Morgan fingerprint density at radius 2 is 2.00 bits per heavy atom. The first kappa shape index (κ1) is 9.01. The Kier molecular flexibility index (Phi) is 3.28. The number of ether oxygens (including phenoxy) is 1. The fraction of sp³-hybridized carbons (Fsp3) is 0. The van der Waals surface area contributed by atoms with E-state index in [0.29, 0.717) is 12.0 Å². The molecule has 3 nitrogen and oxygen atoms in total. The van der Waals surface area contributed by atoms with Gasteiger partial charge in [-0.3, -0.25) is 4.79 Å². The predicted octanol–water partition coefficient (Wildman–Crippen LogP) is 1.76. The van der Waals surface area contributed by atoms with Crippen molar-refractivity contribution >= 4 is 12.4 Å². The van der Waals surface area contributed by atoms with Crippen molar-refractivity contribution in [2.24, 2.45) is 0 Å². The number of benzene rings is 1. The van der Waals surface area contributed by atoms with Crippen LogP contribution in [-0.4, -0.2) is 6.29 Å². The normalized spacial score (nSPS) is 9.46. The molecule has 0 heterocycles. The molecule has 0 saturated heterocycles. The van der Waals surface area contributed by atoms with Gasteiger partial charge in [0.2, 0.25) is 0 Å². The molecule has 0 bridgehead atoms. The summed E-state index contributed by atoms with van der Waals surface area (Å²) in [6.07, 6.45) is 5.35. The molecule has 1 aromatic rings. The number of carbonyl (C=O) groups excluding carboxylic acids is 1. The number of carbonyl (C=O) groups is 1. The zero-order chi connectivity index (χ0) is 9.52. The van der Waals surface area contributed by atoms with Crippen molar-refractivity contribution in [2.75, 3.05) is 0 Å². The van der Waals surface area contributed by atoms with Crippen LogP contribution in [0.2, 0.25) is 0 Å². The van der Waals surface area contributed by atoms with Crippen LogP contribution in [0.25, 0.3) is 6.08 Å². The zero-order valence-electron chi connectivity index (χ0n) is 6.81. The van der Waals surface area contributed by atoms with Gasteiger partial charge in [0, 0.05) is 0 Å². The molecular weight excluding hydrogens is 166 g/mol. The van der Waals surface area contributed by atoms with Gasteiger partial charge in [0.15, 0.2) is 0 Å². The molecule has 0 amide bonds. The van der Waals surface area contributed by atoms with Crippen LogP contribution in [0.4, 0.5) is 0 Å². The van der Waals surface area contributed by atoms with Crippen LogP contribution in [0.3, 0.4) is 0 Å². The van der Waals surface area contributed by atoms with E-state index in [1.54, 1.807) is 36.6 Å². The maximum atomic E-state index is 9.99. The summed E-state index contributed by atoms with van der Waals surface area (Å²) in [5.41, 5.74) is 0.886. The van der Waals surface area contributed by atoms with Gasteiger partial charge in [-0.15, -0.1) is 5.26 Å². The lowest BCUT2D eigenvalue weighted by atomic mass is 10.2. The highest BCUT2D eigenvalue weighted by Gasteiger charge is 1.91.